The first-order chi connectivity index (χ1) is 7.61. The highest BCUT2D eigenvalue weighted by Crippen LogP contribution is 2.11. The lowest BCUT2D eigenvalue weighted by molar-refractivity contribution is 0.181. The van der Waals surface area contributed by atoms with Crippen molar-refractivity contribution >= 4 is 11.8 Å². The minimum Gasteiger partial charge on any atom is -0.378 e. The van der Waals surface area contributed by atoms with Crippen molar-refractivity contribution in [2.24, 2.45) is 5.92 Å². The zero-order valence-electron chi connectivity index (χ0n) is 9.95. The molecule has 0 atom stereocenters. The monoisotopic (exact) mass is 242 g/mol. The Hall–Kier alpha value is -0.810. The molecule has 90 valence electrons. The molecule has 4 nitrogen and oxygen atoms in total. The maximum absolute atomic E-state index is 11.3. The summed E-state index contributed by atoms with van der Waals surface area (Å²) in [6, 6.07) is 1.47. The van der Waals surface area contributed by atoms with Crippen LogP contribution in [0.2, 0.25) is 0 Å². The molecule has 1 aromatic rings. The maximum Gasteiger partial charge on any atom is 0.251 e. The molecule has 1 N–H and O–H groups in total. The summed E-state index contributed by atoms with van der Waals surface area (Å²) < 4.78 is 4.96. The van der Waals surface area contributed by atoms with Crippen LogP contribution in [0.15, 0.2) is 10.9 Å². The standard InChI is InChI=1S/C11H18N2O2S/c1-8(2)6-16-7-10-12-9(5-15-3)4-11(14)13-10/h4,8H,5-7H2,1-3H3,(H,12,13,14). The van der Waals surface area contributed by atoms with E-state index in [2.05, 4.69) is 23.8 Å². The quantitative estimate of drug-likeness (QED) is 0.826. The average molecular weight is 242 g/mol. The van der Waals surface area contributed by atoms with E-state index in [1.54, 1.807) is 18.9 Å². The van der Waals surface area contributed by atoms with E-state index in [1.165, 1.54) is 6.07 Å². The van der Waals surface area contributed by atoms with Gasteiger partial charge in [-0.05, 0) is 11.7 Å². The van der Waals surface area contributed by atoms with Crippen molar-refractivity contribution in [1.29, 1.82) is 0 Å². The summed E-state index contributed by atoms with van der Waals surface area (Å²) in [6.45, 7) is 4.72. The molecule has 1 aromatic heterocycles. The number of aromatic amines is 1. The van der Waals surface area contributed by atoms with Crippen LogP contribution >= 0.6 is 11.8 Å². The lowest BCUT2D eigenvalue weighted by Gasteiger charge is -2.05. The van der Waals surface area contributed by atoms with Gasteiger partial charge >= 0.3 is 0 Å². The van der Waals surface area contributed by atoms with Gasteiger partial charge in [-0.15, -0.1) is 0 Å². The zero-order valence-corrected chi connectivity index (χ0v) is 10.8. The normalized spacial score (nSPS) is 11.0. The van der Waals surface area contributed by atoms with Crippen LogP contribution in [0.1, 0.15) is 25.4 Å². The molecule has 0 amide bonds. The van der Waals surface area contributed by atoms with E-state index in [9.17, 15) is 4.79 Å². The van der Waals surface area contributed by atoms with E-state index in [1.807, 2.05) is 0 Å². The van der Waals surface area contributed by atoms with Gasteiger partial charge in [0.1, 0.15) is 5.82 Å². The van der Waals surface area contributed by atoms with Gasteiger partial charge in [-0.2, -0.15) is 11.8 Å². The number of hydrogen-bond donors (Lipinski definition) is 1. The summed E-state index contributed by atoms with van der Waals surface area (Å²) in [7, 11) is 1.59. The van der Waals surface area contributed by atoms with Crippen molar-refractivity contribution in [3.63, 3.8) is 0 Å². The SMILES string of the molecule is COCc1cc(=O)[nH]c(CSCC(C)C)n1. The van der Waals surface area contributed by atoms with Gasteiger partial charge in [0.05, 0.1) is 18.1 Å². The first-order valence-corrected chi connectivity index (χ1v) is 6.43. The van der Waals surface area contributed by atoms with Crippen LogP contribution < -0.4 is 5.56 Å². The first kappa shape index (κ1) is 13.3. The van der Waals surface area contributed by atoms with Crippen LogP contribution in [0.25, 0.3) is 0 Å². The van der Waals surface area contributed by atoms with Gasteiger partial charge in [0.2, 0.25) is 0 Å². The van der Waals surface area contributed by atoms with E-state index in [0.29, 0.717) is 18.2 Å². The van der Waals surface area contributed by atoms with Gasteiger partial charge in [-0.1, -0.05) is 13.8 Å². The second-order valence-corrected chi connectivity index (χ2v) is 5.06. The summed E-state index contributed by atoms with van der Waals surface area (Å²) in [4.78, 5) is 18.4. The predicted molar refractivity (Wildman–Crippen MR) is 66.6 cm³/mol. The van der Waals surface area contributed by atoms with Crippen LogP contribution in [0.5, 0.6) is 0 Å². The molecule has 1 rings (SSSR count). The van der Waals surface area contributed by atoms with Gasteiger partial charge in [-0.3, -0.25) is 4.79 Å². The number of aromatic nitrogens is 2. The van der Waals surface area contributed by atoms with Crippen molar-refractivity contribution in [2.75, 3.05) is 12.9 Å². The molecule has 0 saturated carbocycles. The Balaban J connectivity index is 2.61. The van der Waals surface area contributed by atoms with Crippen molar-refractivity contribution < 1.29 is 4.74 Å². The molecule has 0 spiro atoms. The summed E-state index contributed by atoms with van der Waals surface area (Å²) in [5, 5.41) is 0. The molecular formula is C11H18N2O2S. The van der Waals surface area contributed by atoms with E-state index >= 15 is 0 Å². The molecule has 5 heteroatoms. The molecule has 0 fully saturated rings. The Labute approximate surface area is 99.8 Å². The largest absolute Gasteiger partial charge is 0.378 e. The number of nitrogens with zero attached hydrogens (tertiary/aromatic N) is 1. The predicted octanol–water partition coefficient (Wildman–Crippen LogP) is 1.81. The van der Waals surface area contributed by atoms with Gasteiger partial charge < -0.3 is 9.72 Å². The fourth-order valence-corrected chi connectivity index (χ4v) is 2.16. The highest BCUT2D eigenvalue weighted by atomic mass is 32.2. The second kappa shape index (κ2) is 6.70. The highest BCUT2D eigenvalue weighted by molar-refractivity contribution is 7.98. The smallest absolute Gasteiger partial charge is 0.251 e. The maximum atomic E-state index is 11.3. The second-order valence-electron chi connectivity index (χ2n) is 4.03. The van der Waals surface area contributed by atoms with Gasteiger partial charge in [0, 0.05) is 13.2 Å². The van der Waals surface area contributed by atoms with Crippen LogP contribution in [0, 0.1) is 5.92 Å². The summed E-state index contributed by atoms with van der Waals surface area (Å²) in [6.07, 6.45) is 0. The van der Waals surface area contributed by atoms with Crippen LogP contribution in [0.4, 0.5) is 0 Å². The van der Waals surface area contributed by atoms with Crippen LogP contribution in [-0.2, 0) is 17.1 Å². The Morgan fingerprint density at radius 3 is 2.94 bits per heavy atom. The fraction of sp³-hybridized carbons (Fsp3) is 0.636. The Morgan fingerprint density at radius 2 is 2.31 bits per heavy atom. The van der Waals surface area contributed by atoms with Crippen molar-refractivity contribution in [1.82, 2.24) is 9.97 Å². The molecule has 0 aliphatic heterocycles. The summed E-state index contributed by atoms with van der Waals surface area (Å²) >= 11 is 1.78. The van der Waals surface area contributed by atoms with Crippen molar-refractivity contribution in [3.8, 4) is 0 Å². The van der Waals surface area contributed by atoms with Gasteiger partial charge in [-0.25, -0.2) is 4.98 Å². The number of nitrogens with one attached hydrogen (secondary N) is 1. The number of hydrogen-bond acceptors (Lipinski definition) is 4. The number of H-pyrrole nitrogens is 1. The van der Waals surface area contributed by atoms with E-state index in [0.717, 1.165) is 17.3 Å². The molecule has 1 heterocycles. The molecule has 0 saturated heterocycles. The Bertz CT molecular complexity index is 376. The molecule has 0 aromatic carbocycles. The third-order valence-corrected chi connectivity index (χ3v) is 3.21. The summed E-state index contributed by atoms with van der Waals surface area (Å²) in [5.74, 6) is 3.19. The van der Waals surface area contributed by atoms with Crippen molar-refractivity contribution in [2.45, 2.75) is 26.2 Å². The molecular weight excluding hydrogens is 224 g/mol. The molecule has 0 aliphatic carbocycles. The fourth-order valence-electron chi connectivity index (χ4n) is 1.24. The number of rotatable bonds is 6. The van der Waals surface area contributed by atoms with Crippen LogP contribution in [0.3, 0.4) is 0 Å². The third kappa shape index (κ3) is 4.81. The number of ether oxygens (including phenoxy) is 1. The third-order valence-electron chi connectivity index (χ3n) is 1.83. The number of thioether (sulfide) groups is 1. The summed E-state index contributed by atoms with van der Waals surface area (Å²) in [5.41, 5.74) is 0.577. The minimum atomic E-state index is -0.109. The molecule has 0 unspecified atom stereocenters. The molecule has 0 bridgehead atoms. The minimum absolute atomic E-state index is 0.109. The van der Waals surface area contributed by atoms with Crippen molar-refractivity contribution in [3.05, 3.63) is 27.9 Å². The van der Waals surface area contributed by atoms with E-state index in [-0.39, 0.29) is 5.56 Å². The zero-order chi connectivity index (χ0) is 12.0. The lowest BCUT2D eigenvalue weighted by atomic mass is 10.3. The topological polar surface area (TPSA) is 55.0 Å². The van der Waals surface area contributed by atoms with Gasteiger partial charge in [0.15, 0.2) is 0 Å². The van der Waals surface area contributed by atoms with Crippen LogP contribution in [-0.4, -0.2) is 22.8 Å². The van der Waals surface area contributed by atoms with E-state index < -0.39 is 0 Å². The average Bonchev–Trinajstić information content (AvgIpc) is 2.16. The highest BCUT2D eigenvalue weighted by Gasteiger charge is 2.02. The first-order valence-electron chi connectivity index (χ1n) is 5.27. The molecule has 0 radical (unpaired) electrons. The lowest BCUT2D eigenvalue weighted by Crippen LogP contribution is -2.12. The number of methoxy groups -OCH3 is 1. The Kier molecular flexibility index (Phi) is 5.55. The molecule has 16 heavy (non-hydrogen) atoms. The molecule has 0 aliphatic rings. The van der Waals surface area contributed by atoms with E-state index in [4.69, 9.17) is 4.74 Å². The van der Waals surface area contributed by atoms with Gasteiger partial charge in [0.25, 0.3) is 5.56 Å². The Morgan fingerprint density at radius 1 is 1.56 bits per heavy atom.